The van der Waals surface area contributed by atoms with Gasteiger partial charge in [0.25, 0.3) is 0 Å². The summed E-state index contributed by atoms with van der Waals surface area (Å²) in [6.45, 7) is 0. The third-order valence-electron chi connectivity index (χ3n) is 2.24. The van der Waals surface area contributed by atoms with Gasteiger partial charge in [0.05, 0.1) is 9.83 Å². The van der Waals surface area contributed by atoms with Crippen LogP contribution in [0, 0.1) is 5.82 Å². The van der Waals surface area contributed by atoms with Gasteiger partial charge >= 0.3 is 0 Å². The van der Waals surface area contributed by atoms with Gasteiger partial charge < -0.3 is 5.73 Å². The summed E-state index contributed by atoms with van der Waals surface area (Å²) in [6.07, 6.45) is 0. The Morgan fingerprint density at radius 2 is 2.00 bits per heavy atom. The standard InChI is InChI=1S/C11H8Br2FNS/c12-7-1-2-9(14)8(4-7)11(15)6-3-10(13)16-5-6/h1-5,11H,15H2. The summed E-state index contributed by atoms with van der Waals surface area (Å²) in [4.78, 5) is 0. The maximum Gasteiger partial charge on any atom is 0.128 e. The second kappa shape index (κ2) is 4.96. The van der Waals surface area contributed by atoms with Crippen molar-refractivity contribution in [2.75, 3.05) is 0 Å². The van der Waals surface area contributed by atoms with E-state index in [2.05, 4.69) is 31.9 Å². The molecule has 0 aliphatic rings. The van der Waals surface area contributed by atoms with Crippen molar-refractivity contribution in [2.24, 2.45) is 5.73 Å². The van der Waals surface area contributed by atoms with Crippen LogP contribution in [0.5, 0.6) is 0 Å². The first-order valence-corrected chi connectivity index (χ1v) is 6.99. The first-order valence-electron chi connectivity index (χ1n) is 4.52. The molecule has 2 aromatic rings. The number of benzene rings is 1. The van der Waals surface area contributed by atoms with E-state index in [1.807, 2.05) is 11.4 Å². The van der Waals surface area contributed by atoms with Crippen LogP contribution in [-0.4, -0.2) is 0 Å². The molecule has 0 aliphatic carbocycles. The lowest BCUT2D eigenvalue weighted by Gasteiger charge is -2.11. The van der Waals surface area contributed by atoms with Gasteiger partial charge in [-0.3, -0.25) is 0 Å². The minimum Gasteiger partial charge on any atom is -0.320 e. The van der Waals surface area contributed by atoms with Crippen LogP contribution in [0.2, 0.25) is 0 Å². The van der Waals surface area contributed by atoms with Gasteiger partial charge in [0.15, 0.2) is 0 Å². The number of nitrogens with two attached hydrogens (primary N) is 1. The molecule has 0 amide bonds. The highest BCUT2D eigenvalue weighted by Gasteiger charge is 2.15. The molecule has 0 fully saturated rings. The molecular formula is C11H8Br2FNS. The lowest BCUT2D eigenvalue weighted by Crippen LogP contribution is -2.12. The lowest BCUT2D eigenvalue weighted by atomic mass is 10.0. The summed E-state index contributed by atoms with van der Waals surface area (Å²) in [5.41, 5.74) is 7.44. The molecule has 1 atom stereocenters. The van der Waals surface area contributed by atoms with Gasteiger partial charge in [0.2, 0.25) is 0 Å². The fourth-order valence-corrected chi connectivity index (χ4v) is 3.01. The largest absolute Gasteiger partial charge is 0.320 e. The molecule has 5 heteroatoms. The zero-order chi connectivity index (χ0) is 11.7. The Hall–Kier alpha value is -0.230. The van der Waals surface area contributed by atoms with Crippen LogP contribution in [0.3, 0.4) is 0 Å². The molecule has 0 saturated carbocycles. The number of halogens is 3. The maximum absolute atomic E-state index is 13.6. The average molecular weight is 365 g/mol. The highest BCUT2D eigenvalue weighted by molar-refractivity contribution is 9.11. The Morgan fingerprint density at radius 1 is 1.25 bits per heavy atom. The number of thiophene rings is 1. The van der Waals surface area contributed by atoms with Crippen LogP contribution < -0.4 is 5.73 Å². The lowest BCUT2D eigenvalue weighted by molar-refractivity contribution is 0.599. The molecule has 1 unspecified atom stereocenters. The fourth-order valence-electron chi connectivity index (χ4n) is 1.42. The molecule has 1 nitrogen and oxygen atoms in total. The van der Waals surface area contributed by atoms with E-state index in [0.717, 1.165) is 13.8 Å². The van der Waals surface area contributed by atoms with Gasteiger partial charge in [-0.05, 0) is 51.1 Å². The summed E-state index contributed by atoms with van der Waals surface area (Å²) >= 11 is 8.22. The zero-order valence-corrected chi connectivity index (χ0v) is 12.1. The van der Waals surface area contributed by atoms with E-state index in [0.29, 0.717) is 5.56 Å². The Balaban J connectivity index is 2.40. The van der Waals surface area contributed by atoms with Crippen LogP contribution in [0.1, 0.15) is 17.2 Å². The van der Waals surface area contributed by atoms with Gasteiger partial charge in [0.1, 0.15) is 5.82 Å². The van der Waals surface area contributed by atoms with E-state index in [-0.39, 0.29) is 5.82 Å². The van der Waals surface area contributed by atoms with Crippen molar-refractivity contribution in [1.29, 1.82) is 0 Å². The molecule has 0 spiro atoms. The highest BCUT2D eigenvalue weighted by atomic mass is 79.9. The molecular weight excluding hydrogens is 357 g/mol. The topological polar surface area (TPSA) is 26.0 Å². The Kier molecular flexibility index (Phi) is 3.79. The van der Waals surface area contributed by atoms with E-state index in [1.54, 1.807) is 12.1 Å². The van der Waals surface area contributed by atoms with Gasteiger partial charge in [-0.1, -0.05) is 15.9 Å². The van der Waals surface area contributed by atoms with Gasteiger partial charge in [-0.25, -0.2) is 4.39 Å². The normalized spacial score (nSPS) is 12.8. The van der Waals surface area contributed by atoms with Gasteiger partial charge in [0, 0.05) is 10.0 Å². The van der Waals surface area contributed by atoms with Crippen molar-refractivity contribution in [1.82, 2.24) is 0 Å². The van der Waals surface area contributed by atoms with Crippen LogP contribution in [0.25, 0.3) is 0 Å². The van der Waals surface area contributed by atoms with E-state index in [4.69, 9.17) is 5.73 Å². The Labute approximate surface area is 114 Å². The minimum absolute atomic E-state index is 0.280. The maximum atomic E-state index is 13.6. The molecule has 0 bridgehead atoms. The molecule has 2 N–H and O–H groups in total. The zero-order valence-electron chi connectivity index (χ0n) is 8.08. The number of hydrogen-bond acceptors (Lipinski definition) is 2. The number of rotatable bonds is 2. The van der Waals surface area contributed by atoms with Crippen molar-refractivity contribution < 1.29 is 4.39 Å². The van der Waals surface area contributed by atoms with Gasteiger partial charge in [-0.15, -0.1) is 11.3 Å². The second-order valence-electron chi connectivity index (χ2n) is 3.33. The quantitative estimate of drug-likeness (QED) is 0.836. The van der Waals surface area contributed by atoms with E-state index < -0.39 is 6.04 Å². The van der Waals surface area contributed by atoms with Gasteiger partial charge in [-0.2, -0.15) is 0 Å². The second-order valence-corrected chi connectivity index (χ2v) is 6.53. The predicted octanol–water partition coefficient (Wildman–Crippen LogP) is 4.46. The smallest absolute Gasteiger partial charge is 0.128 e. The summed E-state index contributed by atoms with van der Waals surface area (Å²) in [7, 11) is 0. The average Bonchev–Trinajstić information content (AvgIpc) is 2.67. The Morgan fingerprint density at radius 3 is 2.62 bits per heavy atom. The van der Waals surface area contributed by atoms with E-state index in [1.165, 1.54) is 17.4 Å². The minimum atomic E-state index is -0.431. The van der Waals surface area contributed by atoms with E-state index >= 15 is 0 Å². The SMILES string of the molecule is NC(c1csc(Br)c1)c1cc(Br)ccc1F. The van der Waals surface area contributed by atoms with Crippen molar-refractivity contribution in [3.05, 3.63) is 54.8 Å². The molecule has 0 aliphatic heterocycles. The Bertz CT molecular complexity index is 512. The predicted molar refractivity (Wildman–Crippen MR) is 72.1 cm³/mol. The van der Waals surface area contributed by atoms with Crippen molar-refractivity contribution in [3.63, 3.8) is 0 Å². The molecule has 2 rings (SSSR count). The van der Waals surface area contributed by atoms with Crippen LogP contribution in [0.4, 0.5) is 4.39 Å². The first-order chi connectivity index (χ1) is 7.58. The van der Waals surface area contributed by atoms with Crippen molar-refractivity contribution in [3.8, 4) is 0 Å². The molecule has 1 aromatic heterocycles. The van der Waals surface area contributed by atoms with E-state index in [9.17, 15) is 4.39 Å². The molecule has 1 aromatic carbocycles. The van der Waals surface area contributed by atoms with Crippen molar-refractivity contribution in [2.45, 2.75) is 6.04 Å². The molecule has 16 heavy (non-hydrogen) atoms. The van der Waals surface area contributed by atoms with Crippen molar-refractivity contribution >= 4 is 43.2 Å². The summed E-state index contributed by atoms with van der Waals surface area (Å²) in [6, 6.07) is 6.27. The summed E-state index contributed by atoms with van der Waals surface area (Å²) < 4.78 is 15.4. The van der Waals surface area contributed by atoms with Crippen LogP contribution in [0.15, 0.2) is 37.9 Å². The molecule has 84 valence electrons. The highest BCUT2D eigenvalue weighted by Crippen LogP contribution is 2.30. The van der Waals surface area contributed by atoms with Crippen LogP contribution in [-0.2, 0) is 0 Å². The van der Waals surface area contributed by atoms with Crippen LogP contribution >= 0.6 is 43.2 Å². The fraction of sp³-hybridized carbons (Fsp3) is 0.0909. The molecule has 1 heterocycles. The number of hydrogen-bond donors (Lipinski definition) is 1. The monoisotopic (exact) mass is 363 g/mol. The summed E-state index contributed by atoms with van der Waals surface area (Å²) in [5, 5.41) is 1.93. The third-order valence-corrected chi connectivity index (χ3v) is 4.26. The first kappa shape index (κ1) is 12.2. The third kappa shape index (κ3) is 2.53. The molecule has 0 radical (unpaired) electrons. The molecule has 0 saturated heterocycles. The summed E-state index contributed by atoms with van der Waals surface area (Å²) in [5.74, 6) is -0.280.